The Hall–Kier alpha value is -0.950. The zero-order valence-electron chi connectivity index (χ0n) is 9.06. The highest BCUT2D eigenvalue weighted by Gasteiger charge is 2.27. The number of thioether (sulfide) groups is 1. The molecule has 0 radical (unpaired) electrons. The van der Waals surface area contributed by atoms with Crippen molar-refractivity contribution in [2.45, 2.75) is 30.6 Å². The van der Waals surface area contributed by atoms with Gasteiger partial charge < -0.3 is 10.4 Å². The molecule has 1 rings (SSSR count). The fourth-order valence-corrected chi connectivity index (χ4v) is 2.67. The highest BCUT2D eigenvalue weighted by Crippen LogP contribution is 2.28. The van der Waals surface area contributed by atoms with E-state index in [9.17, 15) is 9.59 Å². The summed E-state index contributed by atoms with van der Waals surface area (Å²) in [5.74, 6) is -1.12. The van der Waals surface area contributed by atoms with Crippen molar-refractivity contribution in [3.8, 4) is 0 Å². The molecule has 1 aliphatic rings. The molecule has 1 fully saturated rings. The lowest BCUT2D eigenvalue weighted by molar-refractivity contribution is -0.144. The summed E-state index contributed by atoms with van der Waals surface area (Å²) >= 11 is 1.73. The third kappa shape index (κ3) is 4.28. The Labute approximate surface area is 98.1 Å². The molecule has 0 aromatic carbocycles. The molecule has 0 aromatic heterocycles. The molecule has 92 valence electrons. The molecule has 3 N–H and O–H groups in total. The number of amides is 2. The first-order valence-corrected chi connectivity index (χ1v) is 6.35. The van der Waals surface area contributed by atoms with E-state index < -0.39 is 18.6 Å². The van der Waals surface area contributed by atoms with Gasteiger partial charge >= 0.3 is 12.0 Å². The van der Waals surface area contributed by atoms with Crippen LogP contribution in [0.15, 0.2) is 0 Å². The summed E-state index contributed by atoms with van der Waals surface area (Å²) in [5.41, 5.74) is 2.05. The van der Waals surface area contributed by atoms with Gasteiger partial charge in [-0.05, 0) is 19.1 Å². The first-order chi connectivity index (χ1) is 7.63. The number of nitrogens with one attached hydrogen (secondary N) is 2. The number of carbonyl (C=O) groups excluding carboxylic acids is 1. The number of carboxylic acid groups (broad SMARTS) is 1. The van der Waals surface area contributed by atoms with Crippen molar-refractivity contribution in [2.24, 2.45) is 0 Å². The first kappa shape index (κ1) is 13.1. The summed E-state index contributed by atoms with van der Waals surface area (Å²) in [4.78, 5) is 25.9. The van der Waals surface area contributed by atoms with Gasteiger partial charge in [0.05, 0.1) is 0 Å². The number of carboxylic acids is 1. The number of hydrogen-bond donors (Lipinski definition) is 3. The van der Waals surface area contributed by atoms with Crippen LogP contribution in [0.3, 0.4) is 0 Å². The summed E-state index contributed by atoms with van der Waals surface area (Å²) in [6.07, 6.45) is 5.18. The topological polar surface area (TPSA) is 87.7 Å². The van der Waals surface area contributed by atoms with Gasteiger partial charge in [-0.2, -0.15) is 11.8 Å². The molecule has 1 aliphatic carbocycles. The summed E-state index contributed by atoms with van der Waals surface area (Å²) < 4.78 is 0. The van der Waals surface area contributed by atoms with E-state index in [4.69, 9.17) is 5.11 Å². The Morgan fingerprint density at radius 1 is 1.50 bits per heavy atom. The van der Waals surface area contributed by atoms with Gasteiger partial charge in [0.1, 0.15) is 0 Å². The molecule has 0 saturated heterocycles. The zero-order chi connectivity index (χ0) is 12.0. The van der Waals surface area contributed by atoms with Crippen LogP contribution in [-0.4, -0.2) is 41.3 Å². The van der Waals surface area contributed by atoms with Crippen molar-refractivity contribution in [2.75, 3.05) is 12.9 Å². The number of hydrogen-bond acceptors (Lipinski definition) is 4. The third-order valence-corrected chi connectivity index (χ3v) is 3.60. The van der Waals surface area contributed by atoms with Gasteiger partial charge in [0, 0.05) is 11.3 Å². The van der Waals surface area contributed by atoms with E-state index in [1.165, 1.54) is 0 Å². The number of carbonyl (C=O) groups is 2. The van der Waals surface area contributed by atoms with E-state index in [0.29, 0.717) is 5.25 Å². The van der Waals surface area contributed by atoms with Crippen LogP contribution in [0.2, 0.25) is 0 Å². The van der Waals surface area contributed by atoms with E-state index in [1.54, 1.807) is 11.8 Å². The maximum Gasteiger partial charge on any atom is 0.338 e. The van der Waals surface area contributed by atoms with Crippen LogP contribution in [0, 0.1) is 0 Å². The fraction of sp³-hybridized carbons (Fsp3) is 0.778. The molecule has 0 aliphatic heterocycles. The molecule has 2 unspecified atom stereocenters. The molecule has 16 heavy (non-hydrogen) atoms. The Morgan fingerprint density at radius 2 is 2.25 bits per heavy atom. The highest BCUT2D eigenvalue weighted by atomic mass is 32.2. The first-order valence-electron chi connectivity index (χ1n) is 5.06. The molecular formula is C9H16N2O4S. The average molecular weight is 248 g/mol. The fourth-order valence-electron chi connectivity index (χ4n) is 1.73. The van der Waals surface area contributed by atoms with Crippen molar-refractivity contribution in [3.05, 3.63) is 0 Å². The largest absolute Gasteiger partial charge is 0.479 e. The Kier molecular flexibility index (Phi) is 5.41. The van der Waals surface area contributed by atoms with E-state index in [2.05, 4.69) is 10.2 Å². The number of aliphatic carboxylic acids is 1. The molecular weight excluding hydrogens is 232 g/mol. The second-order valence-electron chi connectivity index (χ2n) is 3.57. The molecule has 0 aromatic rings. The minimum absolute atomic E-state index is 0.142. The molecule has 7 heteroatoms. The number of rotatable bonds is 5. The SMILES string of the molecule is CSC1CCCC1NC(=O)NOCC(=O)O. The lowest BCUT2D eigenvalue weighted by Crippen LogP contribution is -2.44. The molecule has 2 amide bonds. The smallest absolute Gasteiger partial charge is 0.338 e. The number of hydroxylamine groups is 1. The minimum Gasteiger partial charge on any atom is -0.479 e. The Balaban J connectivity index is 2.20. The normalized spacial score (nSPS) is 24.1. The predicted molar refractivity (Wildman–Crippen MR) is 60.2 cm³/mol. The Morgan fingerprint density at radius 3 is 2.88 bits per heavy atom. The predicted octanol–water partition coefficient (Wildman–Crippen LogP) is 0.586. The van der Waals surface area contributed by atoms with E-state index in [1.807, 2.05) is 11.7 Å². The van der Waals surface area contributed by atoms with E-state index in [-0.39, 0.29) is 6.04 Å². The number of urea groups is 1. The van der Waals surface area contributed by atoms with Gasteiger partial charge in [-0.25, -0.2) is 15.1 Å². The second-order valence-corrected chi connectivity index (χ2v) is 4.65. The van der Waals surface area contributed by atoms with Crippen LogP contribution in [0.1, 0.15) is 19.3 Å². The molecule has 0 spiro atoms. The molecule has 2 atom stereocenters. The van der Waals surface area contributed by atoms with Crippen LogP contribution in [0.5, 0.6) is 0 Å². The lowest BCUT2D eigenvalue weighted by atomic mass is 10.2. The maximum absolute atomic E-state index is 11.3. The van der Waals surface area contributed by atoms with Gasteiger partial charge in [-0.15, -0.1) is 0 Å². The van der Waals surface area contributed by atoms with Crippen LogP contribution in [-0.2, 0) is 9.63 Å². The average Bonchev–Trinajstić information content (AvgIpc) is 2.64. The van der Waals surface area contributed by atoms with Crippen LogP contribution in [0.4, 0.5) is 4.79 Å². The van der Waals surface area contributed by atoms with Gasteiger partial charge in [0.15, 0.2) is 6.61 Å². The lowest BCUT2D eigenvalue weighted by Gasteiger charge is -2.18. The van der Waals surface area contributed by atoms with Crippen LogP contribution in [0.25, 0.3) is 0 Å². The molecule has 6 nitrogen and oxygen atoms in total. The minimum atomic E-state index is -1.12. The van der Waals surface area contributed by atoms with Crippen LogP contribution < -0.4 is 10.8 Å². The van der Waals surface area contributed by atoms with Crippen molar-refractivity contribution in [1.29, 1.82) is 0 Å². The van der Waals surface area contributed by atoms with Gasteiger partial charge in [0.2, 0.25) is 0 Å². The highest BCUT2D eigenvalue weighted by molar-refractivity contribution is 7.99. The van der Waals surface area contributed by atoms with Gasteiger partial charge in [0.25, 0.3) is 0 Å². The van der Waals surface area contributed by atoms with Crippen molar-refractivity contribution in [3.63, 3.8) is 0 Å². The van der Waals surface area contributed by atoms with Gasteiger partial charge in [-0.3, -0.25) is 4.84 Å². The van der Waals surface area contributed by atoms with Crippen molar-refractivity contribution >= 4 is 23.8 Å². The Bertz CT molecular complexity index is 262. The molecule has 1 saturated carbocycles. The molecule has 0 heterocycles. The zero-order valence-corrected chi connectivity index (χ0v) is 9.88. The summed E-state index contributed by atoms with van der Waals surface area (Å²) in [5, 5.41) is 11.5. The third-order valence-electron chi connectivity index (χ3n) is 2.43. The van der Waals surface area contributed by atoms with Crippen LogP contribution >= 0.6 is 11.8 Å². The quantitative estimate of drug-likeness (QED) is 0.620. The summed E-state index contributed by atoms with van der Waals surface area (Å²) in [6, 6.07) is -0.337. The van der Waals surface area contributed by atoms with Gasteiger partial charge in [-0.1, -0.05) is 6.42 Å². The van der Waals surface area contributed by atoms with E-state index in [0.717, 1.165) is 19.3 Å². The summed E-state index contributed by atoms with van der Waals surface area (Å²) in [6.45, 7) is -0.538. The summed E-state index contributed by atoms with van der Waals surface area (Å²) in [7, 11) is 0. The monoisotopic (exact) mass is 248 g/mol. The maximum atomic E-state index is 11.3. The standard InChI is InChI=1S/C9H16N2O4S/c1-16-7-4-2-3-6(7)10-9(14)11-15-5-8(12)13/h6-7H,2-5H2,1H3,(H,12,13)(H2,10,11,14). The van der Waals surface area contributed by atoms with Crippen molar-refractivity contribution in [1.82, 2.24) is 10.8 Å². The molecule has 0 bridgehead atoms. The van der Waals surface area contributed by atoms with E-state index >= 15 is 0 Å². The second kappa shape index (κ2) is 6.59. The van der Waals surface area contributed by atoms with Crippen molar-refractivity contribution < 1.29 is 19.5 Å².